The highest BCUT2D eigenvalue weighted by Gasteiger charge is 2.16. The third-order valence-corrected chi connectivity index (χ3v) is 5.14. The molecule has 0 amide bonds. The molecule has 0 aliphatic heterocycles. The molecule has 2 aromatic carbocycles. The second-order valence-electron chi connectivity index (χ2n) is 7.60. The Morgan fingerprint density at radius 3 is 2.91 bits per heavy atom. The van der Waals surface area contributed by atoms with E-state index in [1.807, 2.05) is 44.3 Å². The summed E-state index contributed by atoms with van der Waals surface area (Å²) in [6.07, 6.45) is 2.00. The van der Waals surface area contributed by atoms with Crippen LogP contribution in [0.25, 0.3) is 33.7 Å². The molecule has 0 bridgehead atoms. The lowest BCUT2D eigenvalue weighted by molar-refractivity contribution is -0.136. The third kappa shape index (κ3) is 4.76. The number of hydrogen-bond donors (Lipinski definition) is 3. The molecule has 0 fully saturated rings. The predicted octanol–water partition coefficient (Wildman–Crippen LogP) is 4.89. The number of carboxylic acids is 1. The van der Waals surface area contributed by atoms with Crippen LogP contribution in [0.5, 0.6) is 5.75 Å². The van der Waals surface area contributed by atoms with Gasteiger partial charge in [-0.05, 0) is 43.7 Å². The van der Waals surface area contributed by atoms with Crippen LogP contribution in [-0.2, 0) is 11.3 Å². The quantitative estimate of drug-likeness (QED) is 0.308. The van der Waals surface area contributed by atoms with E-state index in [0.717, 1.165) is 22.0 Å². The Labute approximate surface area is 189 Å². The number of benzene rings is 2. The number of fused-ring (bicyclic) bond motifs is 1. The summed E-state index contributed by atoms with van der Waals surface area (Å²) in [5.74, 6) is 0.592. The number of para-hydroxylation sites is 1. The fourth-order valence-electron chi connectivity index (χ4n) is 3.40. The van der Waals surface area contributed by atoms with Gasteiger partial charge < -0.3 is 24.7 Å². The molecule has 0 radical (unpaired) electrons. The van der Waals surface area contributed by atoms with Crippen LogP contribution in [0, 0.1) is 0 Å². The second-order valence-corrected chi connectivity index (χ2v) is 8.00. The molecule has 0 unspecified atom stereocenters. The molecule has 0 saturated carbocycles. The summed E-state index contributed by atoms with van der Waals surface area (Å²) in [7, 11) is 0. The molecule has 3 N–H and O–H groups in total. The van der Waals surface area contributed by atoms with E-state index in [2.05, 4.69) is 20.4 Å². The maximum absolute atomic E-state index is 10.7. The van der Waals surface area contributed by atoms with E-state index in [4.69, 9.17) is 26.0 Å². The fraction of sp³-hybridized carbons (Fsp3) is 0.261. The lowest BCUT2D eigenvalue weighted by Crippen LogP contribution is -2.17. The van der Waals surface area contributed by atoms with Crippen molar-refractivity contribution in [3.8, 4) is 28.6 Å². The van der Waals surface area contributed by atoms with E-state index in [1.54, 1.807) is 12.1 Å². The predicted molar refractivity (Wildman–Crippen MR) is 122 cm³/mol. The van der Waals surface area contributed by atoms with Gasteiger partial charge >= 0.3 is 5.97 Å². The maximum atomic E-state index is 10.7. The SMILES string of the molecule is CC(C)Oc1ccc(-c2nc(-c3cccc4c(CNCCC(=O)O)c[nH]c34)no2)cc1Cl. The van der Waals surface area contributed by atoms with Gasteiger partial charge in [-0.1, -0.05) is 28.9 Å². The van der Waals surface area contributed by atoms with Crippen molar-refractivity contribution < 1.29 is 19.2 Å². The molecule has 8 nitrogen and oxygen atoms in total. The Balaban J connectivity index is 1.57. The van der Waals surface area contributed by atoms with Gasteiger partial charge in [0.05, 0.1) is 23.1 Å². The summed E-state index contributed by atoms with van der Waals surface area (Å²) in [6, 6.07) is 11.2. The Morgan fingerprint density at radius 1 is 1.31 bits per heavy atom. The number of H-pyrrole nitrogens is 1. The molecule has 4 aromatic rings. The van der Waals surface area contributed by atoms with Crippen molar-refractivity contribution in [1.29, 1.82) is 0 Å². The first-order valence-electron chi connectivity index (χ1n) is 10.2. The van der Waals surface area contributed by atoms with Crippen LogP contribution in [0.15, 0.2) is 47.1 Å². The van der Waals surface area contributed by atoms with E-state index in [1.165, 1.54) is 0 Å². The summed E-state index contributed by atoms with van der Waals surface area (Å²) in [6.45, 7) is 4.83. The van der Waals surface area contributed by atoms with Crippen molar-refractivity contribution >= 4 is 28.5 Å². The first-order chi connectivity index (χ1) is 15.4. The third-order valence-electron chi connectivity index (χ3n) is 4.84. The van der Waals surface area contributed by atoms with Crippen molar-refractivity contribution in [2.75, 3.05) is 6.54 Å². The Hall–Kier alpha value is -3.36. The van der Waals surface area contributed by atoms with Gasteiger partial charge in [-0.3, -0.25) is 4.79 Å². The molecule has 166 valence electrons. The standard InChI is InChI=1S/C23H23ClN4O4/c1-13(2)31-19-7-6-14(10-18(19)24)23-27-22(28-32-23)17-5-3-4-16-15(12-26-21(16)17)11-25-9-8-20(29)30/h3-7,10,12-13,25-26H,8-9,11H2,1-2H3,(H,29,30). The lowest BCUT2D eigenvalue weighted by Gasteiger charge is -2.11. The minimum absolute atomic E-state index is 0.0203. The highest BCUT2D eigenvalue weighted by Crippen LogP contribution is 2.33. The van der Waals surface area contributed by atoms with Gasteiger partial charge in [0.25, 0.3) is 5.89 Å². The zero-order valence-electron chi connectivity index (χ0n) is 17.7. The van der Waals surface area contributed by atoms with Crippen molar-refractivity contribution in [1.82, 2.24) is 20.4 Å². The number of aromatic amines is 1. The van der Waals surface area contributed by atoms with E-state index in [0.29, 0.717) is 41.1 Å². The van der Waals surface area contributed by atoms with Gasteiger partial charge in [0.15, 0.2) is 0 Å². The lowest BCUT2D eigenvalue weighted by atomic mass is 10.1. The van der Waals surface area contributed by atoms with Gasteiger partial charge in [0, 0.05) is 35.8 Å². The van der Waals surface area contributed by atoms with Crippen molar-refractivity contribution in [2.24, 2.45) is 0 Å². The largest absolute Gasteiger partial charge is 0.489 e. The summed E-state index contributed by atoms with van der Waals surface area (Å²) in [4.78, 5) is 18.5. The number of ether oxygens (including phenoxy) is 1. The second kappa shape index (κ2) is 9.42. The number of carbonyl (C=O) groups is 1. The van der Waals surface area contributed by atoms with E-state index < -0.39 is 5.97 Å². The van der Waals surface area contributed by atoms with E-state index in [-0.39, 0.29) is 12.5 Å². The fourth-order valence-corrected chi connectivity index (χ4v) is 3.62. The zero-order valence-corrected chi connectivity index (χ0v) is 18.4. The molecular formula is C23H23ClN4O4. The van der Waals surface area contributed by atoms with Crippen molar-refractivity contribution in [3.63, 3.8) is 0 Å². The van der Waals surface area contributed by atoms with Gasteiger partial charge in [0.2, 0.25) is 5.82 Å². The summed E-state index contributed by atoms with van der Waals surface area (Å²) >= 11 is 6.34. The molecule has 2 aromatic heterocycles. The molecule has 0 aliphatic rings. The smallest absolute Gasteiger partial charge is 0.304 e. The molecular weight excluding hydrogens is 432 g/mol. The number of carboxylic acid groups (broad SMARTS) is 1. The number of nitrogens with one attached hydrogen (secondary N) is 2. The maximum Gasteiger partial charge on any atom is 0.304 e. The molecule has 0 spiro atoms. The van der Waals surface area contributed by atoms with Crippen LogP contribution < -0.4 is 10.1 Å². The zero-order chi connectivity index (χ0) is 22.7. The number of rotatable bonds is 9. The Kier molecular flexibility index (Phi) is 6.43. The van der Waals surface area contributed by atoms with Crippen LogP contribution in [-0.4, -0.2) is 38.8 Å². The monoisotopic (exact) mass is 454 g/mol. The van der Waals surface area contributed by atoms with Gasteiger partial charge in [0.1, 0.15) is 5.75 Å². The number of halogens is 1. The van der Waals surface area contributed by atoms with E-state index >= 15 is 0 Å². The number of aliphatic carboxylic acids is 1. The number of nitrogens with zero attached hydrogens (tertiary/aromatic N) is 2. The first-order valence-corrected chi connectivity index (χ1v) is 10.6. The molecule has 2 heterocycles. The summed E-state index contributed by atoms with van der Waals surface area (Å²) in [5, 5.41) is 17.6. The average molecular weight is 455 g/mol. The molecule has 9 heteroatoms. The molecule has 4 rings (SSSR count). The van der Waals surface area contributed by atoms with Gasteiger partial charge in [-0.15, -0.1) is 0 Å². The summed E-state index contributed by atoms with van der Waals surface area (Å²) < 4.78 is 11.2. The minimum atomic E-state index is -0.824. The van der Waals surface area contributed by atoms with Crippen LogP contribution in [0.4, 0.5) is 0 Å². The molecule has 32 heavy (non-hydrogen) atoms. The Bertz CT molecular complexity index is 1250. The topological polar surface area (TPSA) is 113 Å². The number of hydrogen-bond acceptors (Lipinski definition) is 6. The summed E-state index contributed by atoms with van der Waals surface area (Å²) in [5.41, 5.74) is 3.42. The van der Waals surface area contributed by atoms with Crippen LogP contribution in [0.1, 0.15) is 25.8 Å². The molecule has 0 atom stereocenters. The Morgan fingerprint density at radius 2 is 2.16 bits per heavy atom. The minimum Gasteiger partial charge on any atom is -0.489 e. The van der Waals surface area contributed by atoms with Gasteiger partial charge in [-0.2, -0.15) is 4.98 Å². The van der Waals surface area contributed by atoms with Crippen LogP contribution in [0.3, 0.4) is 0 Å². The van der Waals surface area contributed by atoms with Crippen molar-refractivity contribution in [2.45, 2.75) is 32.9 Å². The number of aromatic nitrogens is 3. The van der Waals surface area contributed by atoms with Crippen molar-refractivity contribution in [3.05, 3.63) is 53.2 Å². The van der Waals surface area contributed by atoms with Crippen LogP contribution >= 0.6 is 11.6 Å². The highest BCUT2D eigenvalue weighted by molar-refractivity contribution is 6.32. The normalized spacial score (nSPS) is 11.4. The van der Waals surface area contributed by atoms with E-state index in [9.17, 15) is 4.79 Å². The molecule has 0 aliphatic carbocycles. The van der Waals surface area contributed by atoms with Gasteiger partial charge in [-0.25, -0.2) is 0 Å². The molecule has 0 saturated heterocycles. The highest BCUT2D eigenvalue weighted by atomic mass is 35.5. The average Bonchev–Trinajstić information content (AvgIpc) is 3.40. The van der Waals surface area contributed by atoms with Crippen LogP contribution in [0.2, 0.25) is 5.02 Å². The first kappa shape index (κ1) is 21.9.